The largest absolute Gasteiger partial charge is 0.459 e. The fraction of sp³-hybridized carbons (Fsp3) is 0.588. The number of piperidine rings is 1. The van der Waals surface area contributed by atoms with E-state index in [0.29, 0.717) is 30.0 Å². The zero-order chi connectivity index (χ0) is 16.4. The van der Waals surface area contributed by atoms with Gasteiger partial charge < -0.3 is 14.2 Å². The molecule has 1 aliphatic carbocycles. The molecular weight excluding hydrogens is 308 g/mol. The molecule has 24 heavy (non-hydrogen) atoms. The maximum Gasteiger partial charge on any atom is 0.283 e. The predicted molar refractivity (Wildman–Crippen MR) is 85.7 cm³/mol. The summed E-state index contributed by atoms with van der Waals surface area (Å²) in [4.78, 5) is 14.5. The van der Waals surface area contributed by atoms with Crippen molar-refractivity contribution < 1.29 is 13.6 Å². The summed E-state index contributed by atoms with van der Waals surface area (Å²) in [6.07, 6.45) is 6.06. The van der Waals surface area contributed by atoms with Gasteiger partial charge in [-0.3, -0.25) is 9.69 Å². The van der Waals surface area contributed by atoms with Gasteiger partial charge in [-0.2, -0.15) is 0 Å². The average molecular weight is 330 g/mol. The summed E-state index contributed by atoms with van der Waals surface area (Å²) in [5.74, 6) is 2.49. The van der Waals surface area contributed by atoms with Gasteiger partial charge in [-0.15, -0.1) is 10.2 Å². The molecule has 7 heteroatoms. The van der Waals surface area contributed by atoms with E-state index in [4.69, 9.17) is 8.83 Å². The molecule has 1 atom stereocenters. The Hall–Kier alpha value is -2.15. The molecule has 1 saturated carbocycles. The topological polar surface area (TPSA) is 84.4 Å². The van der Waals surface area contributed by atoms with Gasteiger partial charge in [-0.05, 0) is 50.3 Å². The lowest BCUT2D eigenvalue weighted by Crippen LogP contribution is -2.43. The third kappa shape index (κ3) is 3.67. The third-order valence-electron chi connectivity index (χ3n) is 4.70. The fourth-order valence-corrected chi connectivity index (χ4v) is 3.13. The van der Waals surface area contributed by atoms with Gasteiger partial charge >= 0.3 is 0 Å². The maximum atomic E-state index is 12.3. The molecule has 1 unspecified atom stereocenters. The highest BCUT2D eigenvalue weighted by Crippen LogP contribution is 2.28. The Morgan fingerprint density at radius 1 is 1.33 bits per heavy atom. The number of nitrogens with zero attached hydrogens (tertiary/aromatic N) is 3. The van der Waals surface area contributed by atoms with Crippen molar-refractivity contribution in [2.45, 2.75) is 32.2 Å². The molecule has 0 aromatic carbocycles. The number of carbonyl (C=O) groups excluding carboxylic acids is 1. The minimum atomic E-state index is 0.0602. The molecule has 0 spiro atoms. The van der Waals surface area contributed by atoms with Gasteiger partial charge in [0.05, 0.1) is 18.7 Å². The number of aromatic nitrogens is 2. The molecule has 1 aliphatic heterocycles. The normalized spacial score (nSPS) is 21.8. The molecule has 1 N–H and O–H groups in total. The predicted octanol–water partition coefficient (Wildman–Crippen LogP) is 2.07. The van der Waals surface area contributed by atoms with Crippen LogP contribution in [-0.2, 0) is 11.3 Å². The second kappa shape index (κ2) is 6.76. The van der Waals surface area contributed by atoms with Crippen LogP contribution in [0.3, 0.4) is 0 Å². The summed E-state index contributed by atoms with van der Waals surface area (Å²) < 4.78 is 10.9. The summed E-state index contributed by atoms with van der Waals surface area (Å²) in [6.45, 7) is 3.10. The monoisotopic (exact) mass is 330 g/mol. The number of rotatable bonds is 6. The van der Waals surface area contributed by atoms with E-state index < -0.39 is 0 Å². The van der Waals surface area contributed by atoms with Crippen LogP contribution in [0.2, 0.25) is 0 Å². The second-order valence-electron chi connectivity index (χ2n) is 6.74. The SMILES string of the molecule is O=C(NCC1CC1)C1CCCN(Cc2nnc(-c3ccco3)o2)C1. The molecule has 4 rings (SSSR count). The highest BCUT2D eigenvalue weighted by Gasteiger charge is 2.28. The van der Waals surface area contributed by atoms with Crippen LogP contribution in [0, 0.1) is 11.8 Å². The van der Waals surface area contributed by atoms with Crippen molar-refractivity contribution in [2.75, 3.05) is 19.6 Å². The lowest BCUT2D eigenvalue weighted by molar-refractivity contribution is -0.126. The standard InChI is InChI=1S/C17H22N4O3/c22-16(18-9-12-5-6-12)13-3-1-7-21(10-13)11-15-19-20-17(24-15)14-4-2-8-23-14/h2,4,8,12-13H,1,3,5-7,9-11H2,(H,18,22). The molecule has 0 bridgehead atoms. The molecule has 128 valence electrons. The number of furan rings is 1. The van der Waals surface area contributed by atoms with Crippen molar-refractivity contribution in [3.05, 3.63) is 24.3 Å². The van der Waals surface area contributed by atoms with Crippen LogP contribution in [0.5, 0.6) is 0 Å². The van der Waals surface area contributed by atoms with Gasteiger partial charge in [0.25, 0.3) is 5.89 Å². The smallest absolute Gasteiger partial charge is 0.283 e. The van der Waals surface area contributed by atoms with Crippen LogP contribution in [0.4, 0.5) is 0 Å². The Bertz CT molecular complexity index is 678. The summed E-state index contributed by atoms with van der Waals surface area (Å²) in [5, 5.41) is 11.2. The van der Waals surface area contributed by atoms with Crippen molar-refractivity contribution in [3.63, 3.8) is 0 Å². The van der Waals surface area contributed by atoms with Crippen LogP contribution in [-0.4, -0.2) is 40.6 Å². The van der Waals surface area contributed by atoms with Crippen molar-refractivity contribution in [1.82, 2.24) is 20.4 Å². The summed E-state index contributed by atoms with van der Waals surface area (Å²) in [7, 11) is 0. The number of hydrogen-bond acceptors (Lipinski definition) is 6. The van der Waals surface area contributed by atoms with E-state index >= 15 is 0 Å². The van der Waals surface area contributed by atoms with Crippen LogP contribution in [0.25, 0.3) is 11.7 Å². The molecule has 3 heterocycles. The van der Waals surface area contributed by atoms with E-state index in [1.807, 2.05) is 0 Å². The average Bonchev–Trinajstić information content (AvgIpc) is 3.07. The van der Waals surface area contributed by atoms with E-state index in [-0.39, 0.29) is 11.8 Å². The van der Waals surface area contributed by atoms with Gasteiger partial charge in [-0.25, -0.2) is 0 Å². The molecule has 7 nitrogen and oxygen atoms in total. The summed E-state index contributed by atoms with van der Waals surface area (Å²) in [5.41, 5.74) is 0. The van der Waals surface area contributed by atoms with E-state index in [1.54, 1.807) is 18.4 Å². The van der Waals surface area contributed by atoms with Crippen LogP contribution < -0.4 is 5.32 Å². The zero-order valence-corrected chi connectivity index (χ0v) is 13.6. The highest BCUT2D eigenvalue weighted by atomic mass is 16.4. The first-order valence-corrected chi connectivity index (χ1v) is 8.64. The van der Waals surface area contributed by atoms with E-state index in [0.717, 1.165) is 32.5 Å². The van der Waals surface area contributed by atoms with E-state index in [1.165, 1.54) is 12.8 Å². The van der Waals surface area contributed by atoms with E-state index in [9.17, 15) is 4.79 Å². The summed E-state index contributed by atoms with van der Waals surface area (Å²) in [6, 6.07) is 3.58. The zero-order valence-electron chi connectivity index (χ0n) is 13.6. The Morgan fingerprint density at radius 2 is 2.25 bits per heavy atom. The molecule has 1 amide bonds. The first kappa shape index (κ1) is 15.4. The molecule has 2 aromatic heterocycles. The Balaban J connectivity index is 1.31. The van der Waals surface area contributed by atoms with Gasteiger partial charge in [-0.1, -0.05) is 0 Å². The van der Waals surface area contributed by atoms with Crippen molar-refractivity contribution in [2.24, 2.45) is 11.8 Å². The lowest BCUT2D eigenvalue weighted by atomic mass is 9.97. The highest BCUT2D eigenvalue weighted by molar-refractivity contribution is 5.79. The molecule has 1 saturated heterocycles. The van der Waals surface area contributed by atoms with Crippen molar-refractivity contribution in [3.8, 4) is 11.7 Å². The molecular formula is C17H22N4O3. The first-order chi connectivity index (χ1) is 11.8. The van der Waals surface area contributed by atoms with Gasteiger partial charge in [0.15, 0.2) is 5.76 Å². The van der Waals surface area contributed by atoms with Crippen molar-refractivity contribution >= 4 is 5.91 Å². The Labute approximate surface area is 140 Å². The van der Waals surface area contributed by atoms with Gasteiger partial charge in [0.1, 0.15) is 0 Å². The minimum absolute atomic E-state index is 0.0602. The number of likely N-dealkylation sites (tertiary alicyclic amines) is 1. The maximum absolute atomic E-state index is 12.3. The Kier molecular flexibility index (Phi) is 4.34. The first-order valence-electron chi connectivity index (χ1n) is 8.64. The van der Waals surface area contributed by atoms with Gasteiger partial charge in [0.2, 0.25) is 11.8 Å². The van der Waals surface area contributed by atoms with E-state index in [2.05, 4.69) is 20.4 Å². The molecule has 2 aliphatic rings. The number of carbonyl (C=O) groups is 1. The minimum Gasteiger partial charge on any atom is -0.459 e. The van der Waals surface area contributed by atoms with Gasteiger partial charge in [0, 0.05) is 13.1 Å². The molecule has 0 radical (unpaired) electrons. The molecule has 2 aromatic rings. The van der Waals surface area contributed by atoms with Crippen molar-refractivity contribution in [1.29, 1.82) is 0 Å². The molecule has 2 fully saturated rings. The second-order valence-corrected chi connectivity index (χ2v) is 6.74. The lowest BCUT2D eigenvalue weighted by Gasteiger charge is -2.30. The number of amides is 1. The number of nitrogens with one attached hydrogen (secondary N) is 1. The summed E-state index contributed by atoms with van der Waals surface area (Å²) >= 11 is 0. The third-order valence-corrected chi connectivity index (χ3v) is 4.70. The fourth-order valence-electron chi connectivity index (χ4n) is 3.13. The Morgan fingerprint density at radius 3 is 3.04 bits per heavy atom. The van der Waals surface area contributed by atoms with Crippen LogP contribution >= 0.6 is 0 Å². The number of hydrogen-bond donors (Lipinski definition) is 1. The van der Waals surface area contributed by atoms with Crippen LogP contribution in [0.1, 0.15) is 31.6 Å². The van der Waals surface area contributed by atoms with Crippen LogP contribution in [0.15, 0.2) is 27.2 Å². The quantitative estimate of drug-likeness (QED) is 0.873.